The van der Waals surface area contributed by atoms with E-state index >= 15 is 0 Å². The van der Waals surface area contributed by atoms with Gasteiger partial charge in [-0.2, -0.15) is 26.3 Å². The van der Waals surface area contributed by atoms with Crippen LogP contribution in [0.25, 0.3) is 48.6 Å². The molecular weight excluding hydrogens is 920 g/mol. The van der Waals surface area contributed by atoms with E-state index in [0.717, 1.165) is 65.2 Å². The predicted molar refractivity (Wildman–Crippen MR) is 243 cm³/mol. The largest absolute Gasteiger partial charge is 1.00 e. The normalized spacial score (nSPS) is 11.6. The molecule has 0 saturated heterocycles. The number of aliphatic carboxylic acids is 1. The molecule has 0 aliphatic heterocycles. The maximum absolute atomic E-state index is 13.2. The Morgan fingerprint density at radius 2 is 1.13 bits per heavy atom. The van der Waals surface area contributed by atoms with Crippen LogP contribution in [0, 0.1) is 6.57 Å². The molecule has 4 aromatic carbocycles. The standard InChI is InChI=1S/C25H24F3N3O2.C25H25F3N2O4.Na.H2O/c1-3-5-19-22(9-7-20-23(19)33-30-24(20)25(26,27)28)32-15-4-13-31-14-11-18-16-17(10-12-29-2)6-8-21(18)31;1-2-4-18-21(9-7-19-23(18)34-29-24(19)25(26,27)28)33-14-3-12-30-13-11-17-15-16(5-8-20(17)30)6-10-22(31)32;;/h6-9,11,14,16H,3-5,10,12-13,15H2,1H3;5,7-9,11,13,15H,2-4,6,10,12,14H2,1H3,(H,31,32);;1H2/q;;+1;/p-1. The molecule has 0 spiro atoms. The minimum atomic E-state index is -4.58. The molecule has 12 nitrogen and oxygen atoms in total. The summed E-state index contributed by atoms with van der Waals surface area (Å²) < 4.78 is 105. The van der Waals surface area contributed by atoms with Gasteiger partial charge < -0.3 is 43.1 Å². The van der Waals surface area contributed by atoms with Crippen LogP contribution in [-0.2, 0) is 55.9 Å². The number of nitrogens with zero attached hydrogens (tertiary/aromatic N) is 5. The number of benzene rings is 4. The number of carbonyl (C=O) groups is 1. The summed E-state index contributed by atoms with van der Waals surface area (Å²) >= 11 is 0. The van der Waals surface area contributed by atoms with Crippen LogP contribution in [-0.4, -0.2) is 55.8 Å². The summed E-state index contributed by atoms with van der Waals surface area (Å²) in [6, 6.07) is 22.1. The van der Waals surface area contributed by atoms with Gasteiger partial charge in [0.05, 0.1) is 24.0 Å². The first-order chi connectivity index (χ1) is 32.2. The third-order valence-electron chi connectivity index (χ3n) is 11.4. The van der Waals surface area contributed by atoms with Gasteiger partial charge in [0.1, 0.15) is 11.5 Å². The Bertz CT molecular complexity index is 3020. The van der Waals surface area contributed by atoms with Gasteiger partial charge >= 0.3 is 47.9 Å². The van der Waals surface area contributed by atoms with Gasteiger partial charge in [0.15, 0.2) is 22.6 Å². The molecule has 0 aliphatic rings. The van der Waals surface area contributed by atoms with E-state index in [-0.39, 0.29) is 63.4 Å². The number of alkyl halides is 6. The summed E-state index contributed by atoms with van der Waals surface area (Å²) in [7, 11) is 0. The molecule has 4 aromatic heterocycles. The summed E-state index contributed by atoms with van der Waals surface area (Å²) in [4.78, 5) is 14.2. The molecule has 0 unspecified atom stereocenters. The Hall–Kier alpha value is -6.00. The van der Waals surface area contributed by atoms with Crippen molar-refractivity contribution in [3.8, 4) is 11.5 Å². The topological polar surface area (TPSA) is 152 Å². The molecule has 0 saturated carbocycles. The van der Waals surface area contributed by atoms with Gasteiger partial charge in [-0.15, -0.1) is 0 Å². The van der Waals surface area contributed by atoms with E-state index in [1.807, 2.05) is 50.5 Å². The van der Waals surface area contributed by atoms with Gasteiger partial charge in [0.25, 0.3) is 0 Å². The van der Waals surface area contributed by atoms with Crippen molar-refractivity contribution in [1.29, 1.82) is 0 Å². The number of ether oxygens (including phenoxy) is 2. The zero-order chi connectivity index (χ0) is 47.7. The van der Waals surface area contributed by atoms with Crippen LogP contribution < -0.4 is 39.0 Å². The maximum atomic E-state index is 13.2. The smallest absolute Gasteiger partial charge is 0.870 e. The minimum Gasteiger partial charge on any atom is -0.870 e. The average molecular weight is 970 g/mol. The average Bonchev–Trinajstić information content (AvgIpc) is 4.11. The van der Waals surface area contributed by atoms with Crippen molar-refractivity contribution < 1.29 is 89.8 Å². The van der Waals surface area contributed by atoms with E-state index in [1.165, 1.54) is 12.1 Å². The zero-order valence-electron chi connectivity index (χ0n) is 38.4. The third-order valence-corrected chi connectivity index (χ3v) is 11.4. The number of rotatable bonds is 19. The fraction of sp³-hybridized carbons (Fsp3) is 0.360. The molecule has 2 N–H and O–H groups in total. The number of carboxylic acids is 1. The monoisotopic (exact) mass is 969 g/mol. The molecular formula is C50H50F6N5NaO7. The van der Waals surface area contributed by atoms with Gasteiger partial charge in [-0.05, 0) is 115 Å². The SMILES string of the molecule is CCCc1c(OCCCn2ccc3cc(CCC(=O)O)ccc32)ccc2c(C(F)(F)F)noc12.[C-]#[N+]CCc1ccc2c(ccn2CCCOc2ccc3c(C(F)(F)F)noc3c2CCC)c1.[Na+].[OH-]. The van der Waals surface area contributed by atoms with Gasteiger partial charge in [0.2, 0.25) is 6.54 Å². The summed E-state index contributed by atoms with van der Waals surface area (Å²) in [6.45, 7) is 13.6. The maximum Gasteiger partial charge on any atom is 1.00 e. The van der Waals surface area contributed by atoms with Crippen LogP contribution in [0.1, 0.15) is 79.6 Å². The Morgan fingerprint density at radius 1 is 0.681 bits per heavy atom. The van der Waals surface area contributed by atoms with E-state index in [2.05, 4.69) is 48.6 Å². The molecule has 0 radical (unpaired) electrons. The fourth-order valence-corrected chi connectivity index (χ4v) is 8.21. The van der Waals surface area contributed by atoms with Crippen LogP contribution in [0.2, 0.25) is 0 Å². The number of aromatic nitrogens is 4. The number of halogens is 6. The second-order valence-corrected chi connectivity index (χ2v) is 16.1. The second-order valence-electron chi connectivity index (χ2n) is 16.1. The molecule has 360 valence electrons. The molecule has 0 atom stereocenters. The Morgan fingerprint density at radius 3 is 1.54 bits per heavy atom. The zero-order valence-corrected chi connectivity index (χ0v) is 40.4. The van der Waals surface area contributed by atoms with Crippen LogP contribution >= 0.6 is 0 Å². The van der Waals surface area contributed by atoms with Crippen LogP contribution in [0.15, 0.2) is 94.2 Å². The van der Waals surface area contributed by atoms with Crippen LogP contribution in [0.3, 0.4) is 0 Å². The molecule has 0 fully saturated rings. The van der Waals surface area contributed by atoms with E-state index in [0.29, 0.717) is 74.6 Å². The minimum absolute atomic E-state index is 0. The van der Waals surface area contributed by atoms with Gasteiger partial charge in [-0.3, -0.25) is 4.79 Å². The van der Waals surface area contributed by atoms with Crippen molar-refractivity contribution in [2.45, 2.75) is 97.1 Å². The third kappa shape index (κ3) is 13.0. The van der Waals surface area contributed by atoms with Crippen molar-refractivity contribution in [1.82, 2.24) is 19.4 Å². The molecule has 69 heavy (non-hydrogen) atoms. The van der Waals surface area contributed by atoms with Crippen molar-refractivity contribution >= 4 is 49.7 Å². The number of carboxylic acid groups (broad SMARTS) is 1. The molecule has 0 amide bonds. The molecule has 0 bridgehead atoms. The van der Waals surface area contributed by atoms with Gasteiger partial charge in [-0.25, -0.2) is 6.57 Å². The van der Waals surface area contributed by atoms with E-state index < -0.39 is 29.7 Å². The van der Waals surface area contributed by atoms with Crippen molar-refractivity contribution in [2.24, 2.45) is 0 Å². The number of hydrogen-bond donors (Lipinski definition) is 1. The molecule has 0 aliphatic carbocycles. The Kier molecular flexibility index (Phi) is 18.8. The first-order valence-electron chi connectivity index (χ1n) is 22.1. The first kappa shape index (κ1) is 53.9. The molecule has 4 heterocycles. The molecule has 19 heteroatoms. The van der Waals surface area contributed by atoms with Crippen molar-refractivity contribution in [3.05, 3.63) is 130 Å². The number of hydrogen-bond acceptors (Lipinski definition) is 8. The Balaban J connectivity index is 0.000000250. The van der Waals surface area contributed by atoms with Gasteiger partial charge in [0, 0.05) is 60.5 Å². The second kappa shape index (κ2) is 24.0. The quantitative estimate of drug-likeness (QED) is 0.0361. The summed E-state index contributed by atoms with van der Waals surface area (Å²) in [6.07, 6.45) is 0.161. The fourth-order valence-electron chi connectivity index (χ4n) is 8.21. The Labute approximate surface area is 415 Å². The van der Waals surface area contributed by atoms with Crippen molar-refractivity contribution in [2.75, 3.05) is 19.8 Å². The van der Waals surface area contributed by atoms with E-state index in [4.69, 9.17) is 30.2 Å². The number of aryl methyl sites for hydroxylation is 5. The number of fused-ring (bicyclic) bond motifs is 4. The molecule has 8 rings (SSSR count). The van der Waals surface area contributed by atoms with Crippen LogP contribution in [0.5, 0.6) is 11.5 Å². The summed E-state index contributed by atoms with van der Waals surface area (Å²) in [5.41, 5.74) is 3.78. The van der Waals surface area contributed by atoms with E-state index in [9.17, 15) is 31.1 Å². The van der Waals surface area contributed by atoms with Gasteiger partial charge in [-0.1, -0.05) is 49.1 Å². The van der Waals surface area contributed by atoms with Crippen LogP contribution in [0.4, 0.5) is 26.3 Å². The first-order valence-corrected chi connectivity index (χ1v) is 22.1. The van der Waals surface area contributed by atoms with Crippen molar-refractivity contribution in [3.63, 3.8) is 0 Å². The summed E-state index contributed by atoms with van der Waals surface area (Å²) in [5.74, 6) is 0.235. The summed E-state index contributed by atoms with van der Waals surface area (Å²) in [5, 5.41) is 17.5. The predicted octanol–water partition coefficient (Wildman–Crippen LogP) is 9.75. The van der Waals surface area contributed by atoms with E-state index in [1.54, 1.807) is 12.1 Å². The molecule has 8 aromatic rings.